The topological polar surface area (TPSA) is 61.4 Å². The zero-order valence-electron chi connectivity index (χ0n) is 10.1. The molecular formula is C13H17BrN2O2. The average molecular weight is 313 g/mol. The number of halogens is 1. The second kappa shape index (κ2) is 6.20. The maximum Gasteiger partial charge on any atom is 0.224 e. The number of carbonyl (C=O) groups excluding carboxylic acids is 1. The first-order chi connectivity index (χ1) is 8.65. The van der Waals surface area contributed by atoms with Crippen LogP contribution in [0, 0.1) is 5.92 Å². The fourth-order valence-electron chi connectivity index (χ4n) is 2.12. The number of anilines is 1. The van der Waals surface area contributed by atoms with E-state index in [-0.39, 0.29) is 11.7 Å². The molecule has 0 aliphatic carbocycles. The summed E-state index contributed by atoms with van der Waals surface area (Å²) in [4.78, 5) is 11.8. The molecular weight excluding hydrogens is 296 g/mol. The molecule has 5 heteroatoms. The molecule has 4 nitrogen and oxygen atoms in total. The summed E-state index contributed by atoms with van der Waals surface area (Å²) >= 11 is 3.31. The van der Waals surface area contributed by atoms with E-state index in [9.17, 15) is 9.90 Å². The molecule has 1 saturated heterocycles. The summed E-state index contributed by atoms with van der Waals surface area (Å²) < 4.78 is 0.829. The van der Waals surface area contributed by atoms with Gasteiger partial charge in [0, 0.05) is 10.9 Å². The van der Waals surface area contributed by atoms with Crippen LogP contribution in [0.25, 0.3) is 0 Å². The number of amides is 1. The Morgan fingerprint density at radius 1 is 1.56 bits per heavy atom. The Kier molecular flexibility index (Phi) is 4.60. The summed E-state index contributed by atoms with van der Waals surface area (Å²) in [5, 5.41) is 15.6. The maximum absolute atomic E-state index is 11.8. The van der Waals surface area contributed by atoms with Crippen LogP contribution in [0.1, 0.15) is 19.3 Å². The Morgan fingerprint density at radius 3 is 3.11 bits per heavy atom. The lowest BCUT2D eigenvalue weighted by Gasteiger charge is -2.10. The molecule has 1 fully saturated rings. The SMILES string of the molecule is O=C(CCC1CCNC1)Nc1cc(Br)ccc1O. The summed E-state index contributed by atoms with van der Waals surface area (Å²) in [5.74, 6) is 0.649. The zero-order valence-corrected chi connectivity index (χ0v) is 11.7. The minimum atomic E-state index is -0.0460. The highest BCUT2D eigenvalue weighted by atomic mass is 79.9. The highest BCUT2D eigenvalue weighted by molar-refractivity contribution is 9.10. The van der Waals surface area contributed by atoms with Crippen LogP contribution in [0.5, 0.6) is 5.75 Å². The summed E-state index contributed by atoms with van der Waals surface area (Å²) in [7, 11) is 0. The van der Waals surface area contributed by atoms with Gasteiger partial charge in [-0.25, -0.2) is 0 Å². The van der Waals surface area contributed by atoms with Crippen molar-refractivity contribution >= 4 is 27.5 Å². The molecule has 1 aromatic carbocycles. The molecule has 1 aliphatic rings. The standard InChI is InChI=1S/C13H17BrN2O2/c14-10-2-3-12(17)11(7-10)16-13(18)4-1-9-5-6-15-8-9/h2-3,7,9,15,17H,1,4-6,8H2,(H,16,18). The molecule has 0 aromatic heterocycles. The lowest BCUT2D eigenvalue weighted by atomic mass is 10.0. The van der Waals surface area contributed by atoms with Gasteiger partial charge in [0.1, 0.15) is 5.75 Å². The molecule has 18 heavy (non-hydrogen) atoms. The molecule has 0 radical (unpaired) electrons. The second-order valence-electron chi connectivity index (χ2n) is 4.61. The Bertz CT molecular complexity index is 431. The number of benzene rings is 1. The molecule has 0 saturated carbocycles. The van der Waals surface area contributed by atoms with Crippen molar-refractivity contribution in [1.29, 1.82) is 0 Å². The third kappa shape index (κ3) is 3.71. The van der Waals surface area contributed by atoms with E-state index in [1.165, 1.54) is 0 Å². The highest BCUT2D eigenvalue weighted by Gasteiger charge is 2.16. The summed E-state index contributed by atoms with van der Waals surface area (Å²) in [5.41, 5.74) is 0.457. The number of phenols is 1. The molecule has 1 heterocycles. The van der Waals surface area contributed by atoms with Crippen molar-refractivity contribution in [2.24, 2.45) is 5.92 Å². The minimum absolute atomic E-state index is 0.0460. The molecule has 1 amide bonds. The number of hydrogen-bond donors (Lipinski definition) is 3. The van der Waals surface area contributed by atoms with Crippen LogP contribution in [0.2, 0.25) is 0 Å². The quantitative estimate of drug-likeness (QED) is 0.749. The first kappa shape index (κ1) is 13.4. The largest absolute Gasteiger partial charge is 0.506 e. The van der Waals surface area contributed by atoms with Gasteiger partial charge in [-0.15, -0.1) is 0 Å². The van der Waals surface area contributed by atoms with Gasteiger partial charge in [-0.1, -0.05) is 15.9 Å². The van der Waals surface area contributed by atoms with E-state index in [4.69, 9.17) is 0 Å². The van der Waals surface area contributed by atoms with Crippen LogP contribution in [-0.4, -0.2) is 24.1 Å². The number of phenolic OH excluding ortho intramolecular Hbond substituents is 1. The Morgan fingerprint density at radius 2 is 2.39 bits per heavy atom. The predicted octanol–water partition coefficient (Wildman–Crippen LogP) is 2.48. The van der Waals surface area contributed by atoms with Gasteiger partial charge in [0.05, 0.1) is 5.69 Å². The van der Waals surface area contributed by atoms with Crippen LogP contribution >= 0.6 is 15.9 Å². The molecule has 3 N–H and O–H groups in total. The van der Waals surface area contributed by atoms with Crippen LogP contribution in [0.3, 0.4) is 0 Å². The van der Waals surface area contributed by atoms with E-state index in [0.29, 0.717) is 18.0 Å². The fraction of sp³-hybridized carbons (Fsp3) is 0.462. The van der Waals surface area contributed by atoms with Crippen molar-refractivity contribution in [3.8, 4) is 5.75 Å². The van der Waals surface area contributed by atoms with Gasteiger partial charge in [0.15, 0.2) is 0 Å². The first-order valence-electron chi connectivity index (χ1n) is 6.14. The van der Waals surface area contributed by atoms with Gasteiger partial charge in [0.25, 0.3) is 0 Å². The molecule has 98 valence electrons. The van der Waals surface area contributed by atoms with E-state index in [1.54, 1.807) is 18.2 Å². The molecule has 1 aliphatic heterocycles. The number of rotatable bonds is 4. The third-order valence-corrected chi connectivity index (χ3v) is 3.67. The monoisotopic (exact) mass is 312 g/mol. The van der Waals surface area contributed by atoms with Crippen molar-refractivity contribution in [2.45, 2.75) is 19.3 Å². The normalized spacial score (nSPS) is 18.8. The van der Waals surface area contributed by atoms with Crippen LogP contribution in [0.15, 0.2) is 22.7 Å². The second-order valence-corrected chi connectivity index (χ2v) is 5.52. The number of hydrogen-bond acceptors (Lipinski definition) is 3. The lowest BCUT2D eigenvalue weighted by molar-refractivity contribution is -0.116. The Balaban J connectivity index is 1.84. The van der Waals surface area contributed by atoms with E-state index in [1.807, 2.05) is 0 Å². The summed E-state index contributed by atoms with van der Waals surface area (Å²) in [6.07, 6.45) is 2.54. The Hall–Kier alpha value is -1.07. The van der Waals surface area contributed by atoms with Crippen LogP contribution in [0.4, 0.5) is 5.69 Å². The van der Waals surface area contributed by atoms with Crippen LogP contribution < -0.4 is 10.6 Å². The van der Waals surface area contributed by atoms with E-state index in [0.717, 1.165) is 30.4 Å². The van der Waals surface area contributed by atoms with Gasteiger partial charge in [-0.05, 0) is 50.0 Å². The average Bonchev–Trinajstić information content (AvgIpc) is 2.84. The lowest BCUT2D eigenvalue weighted by Crippen LogP contribution is -2.15. The number of nitrogens with one attached hydrogen (secondary N) is 2. The van der Waals surface area contributed by atoms with Gasteiger partial charge in [-0.2, -0.15) is 0 Å². The van der Waals surface area contributed by atoms with Crippen molar-refractivity contribution in [1.82, 2.24) is 5.32 Å². The van der Waals surface area contributed by atoms with E-state index in [2.05, 4.69) is 26.6 Å². The first-order valence-corrected chi connectivity index (χ1v) is 6.93. The van der Waals surface area contributed by atoms with Gasteiger partial charge in [0.2, 0.25) is 5.91 Å². The van der Waals surface area contributed by atoms with Crippen molar-refractivity contribution in [3.05, 3.63) is 22.7 Å². The van der Waals surface area contributed by atoms with Gasteiger partial charge >= 0.3 is 0 Å². The predicted molar refractivity (Wildman–Crippen MR) is 74.6 cm³/mol. The van der Waals surface area contributed by atoms with Crippen LogP contribution in [-0.2, 0) is 4.79 Å². The highest BCUT2D eigenvalue weighted by Crippen LogP contribution is 2.27. The van der Waals surface area contributed by atoms with Gasteiger partial charge in [-0.3, -0.25) is 4.79 Å². The van der Waals surface area contributed by atoms with E-state index < -0.39 is 0 Å². The van der Waals surface area contributed by atoms with Crippen molar-refractivity contribution in [2.75, 3.05) is 18.4 Å². The molecule has 1 unspecified atom stereocenters. The smallest absolute Gasteiger partial charge is 0.224 e. The summed E-state index contributed by atoms with van der Waals surface area (Å²) in [6, 6.07) is 4.99. The molecule has 1 aromatic rings. The van der Waals surface area contributed by atoms with Crippen molar-refractivity contribution in [3.63, 3.8) is 0 Å². The third-order valence-electron chi connectivity index (χ3n) is 3.17. The Labute approximate surface area is 115 Å². The molecule has 0 spiro atoms. The summed E-state index contributed by atoms with van der Waals surface area (Å²) in [6.45, 7) is 2.06. The molecule has 0 bridgehead atoms. The van der Waals surface area contributed by atoms with Gasteiger partial charge < -0.3 is 15.7 Å². The minimum Gasteiger partial charge on any atom is -0.506 e. The molecule has 1 atom stereocenters. The number of aromatic hydroxyl groups is 1. The fourth-order valence-corrected chi connectivity index (χ4v) is 2.48. The maximum atomic E-state index is 11.8. The van der Waals surface area contributed by atoms with E-state index >= 15 is 0 Å². The molecule has 2 rings (SSSR count). The van der Waals surface area contributed by atoms with Crippen molar-refractivity contribution < 1.29 is 9.90 Å². The number of carbonyl (C=O) groups is 1. The zero-order chi connectivity index (χ0) is 13.0.